The summed E-state index contributed by atoms with van der Waals surface area (Å²) in [5.74, 6) is 2.72. The zero-order chi connectivity index (χ0) is 10.6. The minimum absolute atomic E-state index is 0.536. The van der Waals surface area contributed by atoms with Gasteiger partial charge in [-0.25, -0.2) is 4.99 Å². The molecule has 2 saturated carbocycles. The van der Waals surface area contributed by atoms with Gasteiger partial charge in [-0.05, 0) is 49.2 Å². The van der Waals surface area contributed by atoms with Gasteiger partial charge in [0.15, 0.2) is 0 Å². The van der Waals surface area contributed by atoms with Crippen LogP contribution in [0, 0.1) is 17.8 Å². The fourth-order valence-electron chi connectivity index (χ4n) is 2.76. The predicted octanol–water partition coefficient (Wildman–Crippen LogP) is 1.85. The lowest BCUT2D eigenvalue weighted by atomic mass is 9.88. The molecule has 0 aromatic carbocycles. The molecule has 0 radical (unpaired) electrons. The molecular formula is C9H13NO2S2. The average Bonchev–Trinajstić information content (AvgIpc) is 2.65. The number of thiocarbonyl (C=S) groups is 1. The molecule has 3 nitrogen and oxygen atoms in total. The van der Waals surface area contributed by atoms with E-state index >= 15 is 0 Å². The van der Waals surface area contributed by atoms with Crippen molar-refractivity contribution in [2.45, 2.75) is 32.2 Å². The molecule has 4 atom stereocenters. The molecule has 0 aromatic heterocycles. The second-order valence-corrected chi connectivity index (χ2v) is 4.38. The van der Waals surface area contributed by atoms with E-state index in [0.29, 0.717) is 6.04 Å². The van der Waals surface area contributed by atoms with Gasteiger partial charge in [-0.3, -0.25) is 0 Å². The van der Waals surface area contributed by atoms with E-state index in [4.69, 9.17) is 8.42 Å². The maximum Gasteiger partial charge on any atom is 0.335 e. The molecule has 0 N–H and O–H groups in total. The van der Waals surface area contributed by atoms with E-state index in [-0.39, 0.29) is 0 Å². The minimum atomic E-state index is -0.750. The van der Waals surface area contributed by atoms with Crippen LogP contribution in [0.3, 0.4) is 0 Å². The molecule has 0 spiro atoms. The van der Waals surface area contributed by atoms with Gasteiger partial charge < -0.3 is 0 Å². The molecule has 0 saturated heterocycles. The quantitative estimate of drug-likeness (QED) is 0.511. The average molecular weight is 231 g/mol. The van der Waals surface area contributed by atoms with Crippen LogP contribution in [0.4, 0.5) is 0 Å². The number of rotatable bonds is 1. The van der Waals surface area contributed by atoms with Crippen molar-refractivity contribution < 1.29 is 8.42 Å². The van der Waals surface area contributed by atoms with Crippen molar-refractivity contribution in [3.63, 3.8) is 0 Å². The lowest BCUT2D eigenvalue weighted by Gasteiger charge is -2.21. The Morgan fingerprint density at radius 3 is 2.29 bits per heavy atom. The van der Waals surface area contributed by atoms with Crippen molar-refractivity contribution in [2.75, 3.05) is 0 Å². The Hall–Kier alpha value is -0.380. The van der Waals surface area contributed by atoms with Crippen LogP contribution in [0.25, 0.3) is 0 Å². The number of fused-ring (bicyclic) bond motifs is 2. The molecule has 0 heterocycles. The van der Waals surface area contributed by atoms with Gasteiger partial charge in [-0.1, -0.05) is 6.92 Å². The maximum atomic E-state index is 8.29. The first-order valence-corrected chi connectivity index (χ1v) is 5.79. The van der Waals surface area contributed by atoms with Crippen molar-refractivity contribution in [2.24, 2.45) is 22.7 Å². The molecule has 0 amide bonds. The molecule has 2 rings (SSSR count). The number of hydrogen-bond acceptors (Lipinski definition) is 4. The summed E-state index contributed by atoms with van der Waals surface area (Å²) in [6.07, 6.45) is 4.04. The number of hydrogen-bond donors (Lipinski definition) is 0. The summed E-state index contributed by atoms with van der Waals surface area (Å²) in [7, 11) is 0. The molecule has 5 heteroatoms. The molecule has 2 aliphatic carbocycles. The van der Waals surface area contributed by atoms with Gasteiger partial charge in [0.25, 0.3) is 0 Å². The summed E-state index contributed by atoms with van der Waals surface area (Å²) in [6.45, 7) is 2.36. The summed E-state index contributed by atoms with van der Waals surface area (Å²) in [4.78, 5) is 4.21. The van der Waals surface area contributed by atoms with E-state index in [0.717, 1.165) is 17.8 Å². The highest BCUT2D eigenvalue weighted by molar-refractivity contribution is 7.78. The third kappa shape index (κ3) is 2.56. The Kier molecular flexibility index (Phi) is 4.58. The first-order chi connectivity index (χ1) is 6.72. The molecule has 2 bridgehead atoms. The van der Waals surface area contributed by atoms with Gasteiger partial charge in [-0.15, -0.1) is 0 Å². The predicted molar refractivity (Wildman–Crippen MR) is 57.7 cm³/mol. The van der Waals surface area contributed by atoms with Crippen LogP contribution in [0.1, 0.15) is 26.2 Å². The Balaban J connectivity index is 0.000000293. The molecule has 0 aromatic rings. The standard InChI is InChI=1S/C9H13NS.O2S/c1-6-2-8-3-7(6)4-9(8)10-5-11;1-3-2/h6-9H,2-4H2,1H3;. The van der Waals surface area contributed by atoms with Crippen LogP contribution in [-0.4, -0.2) is 19.6 Å². The van der Waals surface area contributed by atoms with Crippen molar-refractivity contribution >= 4 is 29.0 Å². The molecule has 0 aliphatic heterocycles. The highest BCUT2D eigenvalue weighted by atomic mass is 32.1. The van der Waals surface area contributed by atoms with E-state index in [2.05, 4.69) is 29.3 Å². The third-order valence-electron chi connectivity index (χ3n) is 3.39. The Morgan fingerprint density at radius 2 is 1.93 bits per heavy atom. The topological polar surface area (TPSA) is 46.5 Å². The van der Waals surface area contributed by atoms with Crippen LogP contribution in [0.15, 0.2) is 4.99 Å². The fraction of sp³-hybridized carbons (Fsp3) is 0.889. The first-order valence-electron chi connectivity index (χ1n) is 4.71. The number of aliphatic imine (C=N–C) groups is 1. The van der Waals surface area contributed by atoms with E-state index in [1.807, 2.05) is 0 Å². The van der Waals surface area contributed by atoms with Crippen LogP contribution in [0.5, 0.6) is 0 Å². The number of isothiocyanates is 1. The summed E-state index contributed by atoms with van der Waals surface area (Å²) in [5.41, 5.74) is 0. The Bertz CT molecular complexity index is 281. The van der Waals surface area contributed by atoms with Gasteiger partial charge in [-0.2, -0.15) is 8.42 Å². The van der Waals surface area contributed by atoms with Crippen molar-refractivity contribution in [1.29, 1.82) is 0 Å². The highest BCUT2D eigenvalue weighted by Gasteiger charge is 2.43. The molecule has 2 fully saturated rings. The van der Waals surface area contributed by atoms with Crippen molar-refractivity contribution in [3.8, 4) is 0 Å². The number of nitrogens with zero attached hydrogens (tertiary/aromatic N) is 1. The van der Waals surface area contributed by atoms with Crippen LogP contribution >= 0.6 is 12.2 Å². The van der Waals surface area contributed by atoms with E-state index in [9.17, 15) is 0 Å². The summed E-state index contributed by atoms with van der Waals surface area (Å²) < 4.78 is 16.6. The lowest BCUT2D eigenvalue weighted by Crippen LogP contribution is -2.18. The molecule has 14 heavy (non-hydrogen) atoms. The Morgan fingerprint density at radius 1 is 1.29 bits per heavy atom. The lowest BCUT2D eigenvalue weighted by molar-refractivity contribution is 0.329. The van der Waals surface area contributed by atoms with Gasteiger partial charge in [0, 0.05) is 0 Å². The van der Waals surface area contributed by atoms with Crippen LogP contribution in [0.2, 0.25) is 0 Å². The third-order valence-corrected chi connectivity index (χ3v) is 3.50. The first kappa shape index (κ1) is 11.7. The largest absolute Gasteiger partial charge is 0.335 e. The smallest absolute Gasteiger partial charge is 0.229 e. The van der Waals surface area contributed by atoms with E-state index in [1.54, 1.807) is 0 Å². The fourth-order valence-corrected chi connectivity index (χ4v) is 2.89. The maximum absolute atomic E-state index is 8.29. The van der Waals surface area contributed by atoms with Gasteiger partial charge in [0.05, 0.1) is 11.2 Å². The van der Waals surface area contributed by atoms with Gasteiger partial charge >= 0.3 is 11.6 Å². The van der Waals surface area contributed by atoms with E-state index in [1.165, 1.54) is 19.3 Å². The molecule has 4 unspecified atom stereocenters. The van der Waals surface area contributed by atoms with Crippen LogP contribution in [-0.2, 0) is 11.6 Å². The van der Waals surface area contributed by atoms with Crippen LogP contribution < -0.4 is 0 Å². The van der Waals surface area contributed by atoms with Gasteiger partial charge in [0.1, 0.15) is 0 Å². The van der Waals surface area contributed by atoms with Gasteiger partial charge in [0.2, 0.25) is 0 Å². The Labute approximate surface area is 92.6 Å². The second kappa shape index (κ2) is 5.49. The molecule has 78 valence electrons. The molecule has 2 aliphatic rings. The van der Waals surface area contributed by atoms with Crippen molar-refractivity contribution in [3.05, 3.63) is 0 Å². The summed E-state index contributed by atoms with van der Waals surface area (Å²) >= 11 is 3.87. The summed E-state index contributed by atoms with van der Waals surface area (Å²) in [6, 6.07) is 0.536. The highest BCUT2D eigenvalue weighted by Crippen LogP contribution is 2.49. The molecular weight excluding hydrogens is 218 g/mol. The second-order valence-electron chi connectivity index (χ2n) is 4.06. The normalized spacial score (nSPS) is 38.1. The monoisotopic (exact) mass is 231 g/mol. The minimum Gasteiger partial charge on any atom is -0.229 e. The van der Waals surface area contributed by atoms with E-state index < -0.39 is 11.6 Å². The SMILES string of the molecule is CC1CC2CC1CC2N=C=S.O=S=O. The van der Waals surface area contributed by atoms with Crippen molar-refractivity contribution in [1.82, 2.24) is 0 Å². The zero-order valence-electron chi connectivity index (χ0n) is 8.01. The summed E-state index contributed by atoms with van der Waals surface area (Å²) in [5, 5.41) is 2.52. The zero-order valence-corrected chi connectivity index (χ0v) is 9.64.